The van der Waals surface area contributed by atoms with E-state index in [1.807, 2.05) is 30.3 Å². The van der Waals surface area contributed by atoms with Crippen molar-refractivity contribution in [1.29, 1.82) is 0 Å². The van der Waals surface area contributed by atoms with Crippen LogP contribution in [-0.4, -0.2) is 42.0 Å². The number of nitrogens with one attached hydrogen (secondary N) is 1. The van der Waals surface area contributed by atoms with E-state index in [1.165, 1.54) is 5.56 Å². The van der Waals surface area contributed by atoms with Gasteiger partial charge in [0.05, 0.1) is 5.56 Å². The van der Waals surface area contributed by atoms with Crippen molar-refractivity contribution in [2.45, 2.75) is 6.54 Å². The summed E-state index contributed by atoms with van der Waals surface area (Å²) in [6.45, 7) is 4.77. The minimum absolute atomic E-state index is 0.176. The van der Waals surface area contributed by atoms with Crippen LogP contribution in [0.3, 0.4) is 0 Å². The number of benzene rings is 2. The van der Waals surface area contributed by atoms with Gasteiger partial charge in [0.1, 0.15) is 0 Å². The first kappa shape index (κ1) is 20.8. The Kier molecular flexibility index (Phi) is 6.67. The number of aromatic nitrogens is 1. The summed E-state index contributed by atoms with van der Waals surface area (Å²) in [5.74, 6) is -0.176. The van der Waals surface area contributed by atoms with Crippen LogP contribution in [0.2, 0.25) is 5.02 Å². The van der Waals surface area contributed by atoms with Crippen molar-refractivity contribution in [2.24, 2.45) is 0 Å². The average molecular weight is 486 g/mol. The van der Waals surface area contributed by atoms with E-state index in [0.29, 0.717) is 5.56 Å². The van der Waals surface area contributed by atoms with Crippen LogP contribution in [0.15, 0.2) is 71.5 Å². The van der Waals surface area contributed by atoms with E-state index >= 15 is 0 Å². The van der Waals surface area contributed by atoms with Crippen LogP contribution in [0.1, 0.15) is 15.9 Å². The minimum Gasteiger partial charge on any atom is -0.369 e. The van der Waals surface area contributed by atoms with Crippen LogP contribution in [0, 0.1) is 0 Å². The molecular weight excluding hydrogens is 464 g/mol. The molecule has 0 aliphatic carbocycles. The van der Waals surface area contributed by atoms with Crippen molar-refractivity contribution >= 4 is 44.8 Å². The van der Waals surface area contributed by atoms with Crippen molar-refractivity contribution in [3.8, 4) is 0 Å². The van der Waals surface area contributed by atoms with Gasteiger partial charge in [-0.25, -0.2) is 0 Å². The van der Waals surface area contributed by atoms with E-state index in [2.05, 4.69) is 54.2 Å². The predicted molar refractivity (Wildman–Crippen MR) is 125 cm³/mol. The number of pyridine rings is 1. The van der Waals surface area contributed by atoms with E-state index in [0.717, 1.165) is 53.6 Å². The first-order chi connectivity index (χ1) is 14.6. The Labute approximate surface area is 189 Å². The number of carbonyl (C=O) groups is 1. The Balaban J connectivity index is 1.31. The highest BCUT2D eigenvalue weighted by Gasteiger charge is 2.18. The average Bonchev–Trinajstić information content (AvgIpc) is 2.76. The number of carbonyl (C=O) groups excluding carboxylic acids is 1. The predicted octanol–water partition coefficient (Wildman–Crippen LogP) is 5.07. The first-order valence-electron chi connectivity index (χ1n) is 9.81. The number of hydrogen-bond acceptors (Lipinski definition) is 4. The highest BCUT2D eigenvalue weighted by molar-refractivity contribution is 9.10. The quantitative estimate of drug-likeness (QED) is 0.548. The van der Waals surface area contributed by atoms with Crippen molar-refractivity contribution in [2.75, 3.05) is 36.4 Å². The first-order valence-corrected chi connectivity index (χ1v) is 11.0. The standard InChI is InChI=1S/C23H22BrClN4O/c24-19-13-18(14-26-15-19)23(30)27-20-5-7-21(8-6-20)29-11-9-28(10-12-29)16-17-3-1-2-4-22(17)25/h1-8,13-15H,9-12,16H2,(H,27,30). The molecule has 1 fully saturated rings. The molecule has 0 saturated carbocycles. The smallest absolute Gasteiger partial charge is 0.257 e. The van der Waals surface area contributed by atoms with Gasteiger partial charge in [-0.15, -0.1) is 0 Å². The van der Waals surface area contributed by atoms with Crippen LogP contribution in [-0.2, 0) is 6.54 Å². The van der Waals surface area contributed by atoms with Gasteiger partial charge in [0.25, 0.3) is 5.91 Å². The molecular formula is C23H22BrClN4O. The molecule has 0 radical (unpaired) electrons. The maximum absolute atomic E-state index is 12.4. The molecule has 1 amide bonds. The lowest BCUT2D eigenvalue weighted by Crippen LogP contribution is -2.46. The van der Waals surface area contributed by atoms with E-state index < -0.39 is 0 Å². The van der Waals surface area contributed by atoms with E-state index in [-0.39, 0.29) is 5.91 Å². The lowest BCUT2D eigenvalue weighted by molar-refractivity contribution is 0.102. The third-order valence-corrected chi connectivity index (χ3v) is 5.98. The van der Waals surface area contributed by atoms with Crippen molar-refractivity contribution in [3.63, 3.8) is 0 Å². The topological polar surface area (TPSA) is 48.5 Å². The number of anilines is 2. The van der Waals surface area contributed by atoms with Crippen LogP contribution in [0.25, 0.3) is 0 Å². The van der Waals surface area contributed by atoms with Gasteiger partial charge in [-0.1, -0.05) is 29.8 Å². The lowest BCUT2D eigenvalue weighted by atomic mass is 10.2. The van der Waals surface area contributed by atoms with Gasteiger partial charge in [-0.05, 0) is 57.9 Å². The fourth-order valence-electron chi connectivity index (χ4n) is 3.53. The Bertz CT molecular complexity index is 1020. The van der Waals surface area contributed by atoms with Gasteiger partial charge in [0.2, 0.25) is 0 Å². The zero-order chi connectivity index (χ0) is 20.9. The normalized spacial score (nSPS) is 14.5. The molecule has 30 heavy (non-hydrogen) atoms. The van der Waals surface area contributed by atoms with Gasteiger partial charge < -0.3 is 10.2 Å². The number of piperazine rings is 1. The molecule has 1 aliphatic rings. The number of halogens is 2. The highest BCUT2D eigenvalue weighted by atomic mass is 79.9. The molecule has 3 aromatic rings. The summed E-state index contributed by atoms with van der Waals surface area (Å²) >= 11 is 9.63. The maximum Gasteiger partial charge on any atom is 0.257 e. The maximum atomic E-state index is 12.4. The largest absolute Gasteiger partial charge is 0.369 e. The van der Waals surface area contributed by atoms with E-state index in [1.54, 1.807) is 18.5 Å². The summed E-state index contributed by atoms with van der Waals surface area (Å²) in [4.78, 5) is 21.2. The molecule has 4 rings (SSSR count). The van der Waals surface area contributed by atoms with Gasteiger partial charge in [-0.3, -0.25) is 14.7 Å². The fourth-order valence-corrected chi connectivity index (χ4v) is 4.09. The van der Waals surface area contributed by atoms with Crippen molar-refractivity contribution in [3.05, 3.63) is 87.6 Å². The number of amides is 1. The van der Waals surface area contributed by atoms with Crippen molar-refractivity contribution in [1.82, 2.24) is 9.88 Å². The second kappa shape index (κ2) is 9.60. The summed E-state index contributed by atoms with van der Waals surface area (Å²) in [5.41, 5.74) is 3.62. The van der Waals surface area contributed by atoms with Gasteiger partial charge in [-0.2, -0.15) is 0 Å². The second-order valence-electron chi connectivity index (χ2n) is 7.25. The third-order valence-electron chi connectivity index (χ3n) is 5.18. The summed E-state index contributed by atoms with van der Waals surface area (Å²) in [6.07, 6.45) is 3.20. The molecule has 154 valence electrons. The molecule has 0 unspecified atom stereocenters. The zero-order valence-corrected chi connectivity index (χ0v) is 18.7. The van der Waals surface area contributed by atoms with Crippen LogP contribution >= 0.6 is 27.5 Å². The van der Waals surface area contributed by atoms with Crippen LogP contribution in [0.5, 0.6) is 0 Å². The number of nitrogens with zero attached hydrogens (tertiary/aromatic N) is 3. The molecule has 5 nitrogen and oxygen atoms in total. The molecule has 1 aromatic heterocycles. The van der Waals surface area contributed by atoms with Crippen molar-refractivity contribution < 1.29 is 4.79 Å². The van der Waals surface area contributed by atoms with Gasteiger partial charge in [0.15, 0.2) is 0 Å². The molecule has 1 aliphatic heterocycles. The highest BCUT2D eigenvalue weighted by Crippen LogP contribution is 2.22. The molecule has 1 N–H and O–H groups in total. The monoisotopic (exact) mass is 484 g/mol. The summed E-state index contributed by atoms with van der Waals surface area (Å²) in [5, 5.41) is 3.75. The number of hydrogen-bond donors (Lipinski definition) is 1. The van der Waals surface area contributed by atoms with Gasteiger partial charge >= 0.3 is 0 Å². The minimum atomic E-state index is -0.176. The lowest BCUT2D eigenvalue weighted by Gasteiger charge is -2.36. The molecule has 2 heterocycles. The van der Waals surface area contributed by atoms with Crippen LogP contribution in [0.4, 0.5) is 11.4 Å². The zero-order valence-electron chi connectivity index (χ0n) is 16.4. The molecule has 1 saturated heterocycles. The Hall–Kier alpha value is -2.41. The SMILES string of the molecule is O=C(Nc1ccc(N2CCN(Cc3ccccc3Cl)CC2)cc1)c1cncc(Br)c1. The van der Waals surface area contributed by atoms with E-state index in [4.69, 9.17) is 11.6 Å². The molecule has 0 atom stereocenters. The molecule has 0 spiro atoms. The number of rotatable bonds is 5. The Morgan fingerprint density at radius 2 is 1.77 bits per heavy atom. The molecule has 7 heteroatoms. The Morgan fingerprint density at radius 3 is 2.47 bits per heavy atom. The summed E-state index contributed by atoms with van der Waals surface area (Å²) in [6, 6.07) is 17.8. The third kappa shape index (κ3) is 5.19. The Morgan fingerprint density at radius 1 is 1.03 bits per heavy atom. The van der Waals surface area contributed by atoms with Gasteiger partial charge in [0, 0.05) is 66.0 Å². The second-order valence-corrected chi connectivity index (χ2v) is 8.57. The van der Waals surface area contributed by atoms with Crippen LogP contribution < -0.4 is 10.2 Å². The molecule has 2 aromatic carbocycles. The summed E-state index contributed by atoms with van der Waals surface area (Å²) < 4.78 is 0.777. The fraction of sp³-hybridized carbons (Fsp3) is 0.217. The van der Waals surface area contributed by atoms with E-state index in [9.17, 15) is 4.79 Å². The summed E-state index contributed by atoms with van der Waals surface area (Å²) in [7, 11) is 0. The molecule has 0 bridgehead atoms.